The van der Waals surface area contributed by atoms with E-state index in [0.717, 1.165) is 24.5 Å². The van der Waals surface area contributed by atoms with Gasteiger partial charge in [0.1, 0.15) is 0 Å². The van der Waals surface area contributed by atoms with Crippen LogP contribution in [0.5, 0.6) is 5.06 Å². The molecule has 2 heteroatoms. The summed E-state index contributed by atoms with van der Waals surface area (Å²) >= 11 is 1.63. The van der Waals surface area contributed by atoms with Crippen molar-refractivity contribution in [2.24, 2.45) is 0 Å². The van der Waals surface area contributed by atoms with Gasteiger partial charge in [-0.2, -0.15) is 0 Å². The van der Waals surface area contributed by atoms with Gasteiger partial charge >= 0.3 is 0 Å². The van der Waals surface area contributed by atoms with Crippen molar-refractivity contribution in [1.82, 2.24) is 0 Å². The number of unbranched alkanes of at least 4 members (excludes halogenated alkanes) is 1. The highest BCUT2D eigenvalue weighted by atomic mass is 32.1. The molecule has 0 aliphatic rings. The molecule has 55 valence electrons. The lowest BCUT2D eigenvalue weighted by Gasteiger charge is -1.99. The average Bonchev–Trinajstić information content (AvgIpc) is 2.41. The summed E-state index contributed by atoms with van der Waals surface area (Å²) in [6.07, 6.45) is 1.99. The molecule has 0 amide bonds. The number of hydrogen-bond acceptors (Lipinski definition) is 2. The molecule has 1 aromatic rings. The van der Waals surface area contributed by atoms with Gasteiger partial charge in [-0.05, 0) is 23.9 Å². The maximum Gasteiger partial charge on any atom is 0.173 e. The van der Waals surface area contributed by atoms with Crippen molar-refractivity contribution in [2.75, 3.05) is 6.61 Å². The van der Waals surface area contributed by atoms with Crippen LogP contribution in [0.15, 0.2) is 17.5 Å². The lowest BCUT2D eigenvalue weighted by Crippen LogP contribution is -1.93. The quantitative estimate of drug-likeness (QED) is 0.607. The van der Waals surface area contributed by atoms with Gasteiger partial charge in [-0.25, -0.2) is 0 Å². The molecule has 1 nitrogen and oxygen atoms in total. The summed E-state index contributed by atoms with van der Waals surface area (Å²) in [5, 5.41) is 3.02. The molecule has 0 atom stereocenters. The Kier molecular flexibility index (Phi) is 3.30. The zero-order chi connectivity index (χ0) is 7.23. The molecule has 0 N–H and O–H groups in total. The fourth-order valence-corrected chi connectivity index (χ4v) is 1.22. The molecule has 1 rings (SSSR count). The Balaban J connectivity index is 2.15. The molecular formula is C8H11OS. The van der Waals surface area contributed by atoms with Crippen molar-refractivity contribution in [3.8, 4) is 5.06 Å². The topological polar surface area (TPSA) is 9.23 Å². The van der Waals surface area contributed by atoms with E-state index in [4.69, 9.17) is 4.74 Å². The molecule has 0 saturated heterocycles. The largest absolute Gasteiger partial charge is 0.484 e. The standard InChI is InChI=1S/C8H11OS/c1-2-3-6-9-8-5-4-7-10-8/h4-5,7H,1-3,6H2. The molecule has 0 fully saturated rings. The average molecular weight is 155 g/mol. The Morgan fingerprint density at radius 3 is 3.10 bits per heavy atom. The third kappa shape index (κ3) is 2.40. The van der Waals surface area contributed by atoms with Crippen LogP contribution in [0.2, 0.25) is 0 Å². The molecule has 0 aliphatic heterocycles. The van der Waals surface area contributed by atoms with Crippen molar-refractivity contribution < 1.29 is 4.74 Å². The van der Waals surface area contributed by atoms with Crippen molar-refractivity contribution in [3.63, 3.8) is 0 Å². The molecule has 1 radical (unpaired) electrons. The van der Waals surface area contributed by atoms with Crippen LogP contribution in [0.25, 0.3) is 0 Å². The van der Waals surface area contributed by atoms with Gasteiger partial charge in [0, 0.05) is 0 Å². The zero-order valence-corrected chi connectivity index (χ0v) is 6.69. The maximum absolute atomic E-state index is 5.36. The van der Waals surface area contributed by atoms with Crippen LogP contribution < -0.4 is 4.74 Å². The van der Waals surface area contributed by atoms with Crippen molar-refractivity contribution in [2.45, 2.75) is 12.8 Å². The predicted octanol–water partition coefficient (Wildman–Crippen LogP) is 2.74. The predicted molar refractivity (Wildman–Crippen MR) is 44.4 cm³/mol. The summed E-state index contributed by atoms with van der Waals surface area (Å²) < 4.78 is 5.36. The highest BCUT2D eigenvalue weighted by Gasteiger charge is 1.90. The van der Waals surface area contributed by atoms with Crippen LogP contribution >= 0.6 is 11.3 Å². The normalized spacial score (nSPS) is 9.70. The van der Waals surface area contributed by atoms with E-state index >= 15 is 0 Å². The molecule has 0 bridgehead atoms. The summed E-state index contributed by atoms with van der Waals surface area (Å²) in [6, 6.07) is 3.97. The second-order valence-corrected chi connectivity index (χ2v) is 2.90. The van der Waals surface area contributed by atoms with Crippen LogP contribution in [-0.4, -0.2) is 6.61 Å². The molecule has 0 aromatic carbocycles. The van der Waals surface area contributed by atoms with E-state index in [1.807, 2.05) is 17.5 Å². The highest BCUT2D eigenvalue weighted by Crippen LogP contribution is 2.17. The number of ether oxygens (including phenoxy) is 1. The van der Waals surface area contributed by atoms with E-state index in [2.05, 4.69) is 6.92 Å². The third-order valence-corrected chi connectivity index (χ3v) is 1.91. The Morgan fingerprint density at radius 2 is 2.50 bits per heavy atom. The molecule has 0 aliphatic carbocycles. The van der Waals surface area contributed by atoms with E-state index in [1.54, 1.807) is 11.3 Å². The molecule has 0 saturated carbocycles. The monoisotopic (exact) mass is 155 g/mol. The Hall–Kier alpha value is -0.500. The van der Waals surface area contributed by atoms with Gasteiger partial charge in [-0.3, -0.25) is 0 Å². The number of rotatable bonds is 4. The maximum atomic E-state index is 5.36. The van der Waals surface area contributed by atoms with Crippen LogP contribution in [0, 0.1) is 6.92 Å². The first-order chi connectivity index (χ1) is 4.93. The summed E-state index contributed by atoms with van der Waals surface area (Å²) in [5.41, 5.74) is 0. The van der Waals surface area contributed by atoms with Gasteiger partial charge < -0.3 is 4.74 Å². The van der Waals surface area contributed by atoms with E-state index in [1.165, 1.54) is 0 Å². The second kappa shape index (κ2) is 4.34. The van der Waals surface area contributed by atoms with Gasteiger partial charge in [0.25, 0.3) is 0 Å². The third-order valence-electron chi connectivity index (χ3n) is 1.13. The first kappa shape index (κ1) is 7.61. The summed E-state index contributed by atoms with van der Waals surface area (Å²) in [6.45, 7) is 4.52. The SMILES string of the molecule is [CH2]CCCOc1cccs1. The Bertz CT molecular complexity index is 158. The molecule has 10 heavy (non-hydrogen) atoms. The van der Waals surface area contributed by atoms with Crippen molar-refractivity contribution in [1.29, 1.82) is 0 Å². The molecule has 0 spiro atoms. The minimum Gasteiger partial charge on any atom is -0.484 e. The van der Waals surface area contributed by atoms with Gasteiger partial charge in [-0.1, -0.05) is 13.3 Å². The second-order valence-electron chi connectivity index (χ2n) is 1.99. The molecular weight excluding hydrogens is 144 g/mol. The van der Waals surface area contributed by atoms with Crippen LogP contribution in [0.3, 0.4) is 0 Å². The van der Waals surface area contributed by atoms with Crippen molar-refractivity contribution in [3.05, 3.63) is 24.4 Å². The summed E-state index contributed by atoms with van der Waals surface area (Å²) in [4.78, 5) is 0. The van der Waals surface area contributed by atoms with Crippen LogP contribution in [0.4, 0.5) is 0 Å². The minimum atomic E-state index is 0.796. The molecule has 0 unspecified atom stereocenters. The van der Waals surface area contributed by atoms with Crippen molar-refractivity contribution >= 4 is 11.3 Å². The van der Waals surface area contributed by atoms with Gasteiger partial charge in [0.2, 0.25) is 0 Å². The smallest absolute Gasteiger partial charge is 0.173 e. The van der Waals surface area contributed by atoms with E-state index < -0.39 is 0 Å². The Labute approximate surface area is 65.6 Å². The first-order valence-corrected chi connectivity index (χ1v) is 4.27. The lowest BCUT2D eigenvalue weighted by molar-refractivity contribution is 0.321. The van der Waals surface area contributed by atoms with Crippen LogP contribution in [-0.2, 0) is 0 Å². The lowest BCUT2D eigenvalue weighted by atomic mass is 10.4. The summed E-state index contributed by atoms with van der Waals surface area (Å²) in [5.74, 6) is 0. The highest BCUT2D eigenvalue weighted by molar-refractivity contribution is 7.11. The van der Waals surface area contributed by atoms with Crippen LogP contribution in [0.1, 0.15) is 12.8 Å². The molecule has 1 aromatic heterocycles. The minimum absolute atomic E-state index is 0.796. The number of thiophene rings is 1. The Morgan fingerprint density at radius 1 is 1.60 bits per heavy atom. The number of hydrogen-bond donors (Lipinski definition) is 0. The fraction of sp³-hybridized carbons (Fsp3) is 0.375. The zero-order valence-electron chi connectivity index (χ0n) is 5.88. The summed E-state index contributed by atoms with van der Waals surface area (Å²) in [7, 11) is 0. The van der Waals surface area contributed by atoms with Gasteiger partial charge in [0.15, 0.2) is 5.06 Å². The van der Waals surface area contributed by atoms with Gasteiger partial charge in [-0.15, -0.1) is 11.3 Å². The molecule has 1 heterocycles. The van der Waals surface area contributed by atoms with E-state index in [-0.39, 0.29) is 0 Å². The van der Waals surface area contributed by atoms with E-state index in [9.17, 15) is 0 Å². The first-order valence-electron chi connectivity index (χ1n) is 3.39. The fourth-order valence-electron chi connectivity index (χ4n) is 0.620. The van der Waals surface area contributed by atoms with Gasteiger partial charge in [0.05, 0.1) is 6.61 Å². The van der Waals surface area contributed by atoms with E-state index in [0.29, 0.717) is 0 Å².